The summed E-state index contributed by atoms with van der Waals surface area (Å²) in [6.45, 7) is 6.50. The summed E-state index contributed by atoms with van der Waals surface area (Å²) in [6.07, 6.45) is 1.71. The van der Waals surface area contributed by atoms with Gasteiger partial charge >= 0.3 is 0 Å². The summed E-state index contributed by atoms with van der Waals surface area (Å²) >= 11 is 0. The molecule has 0 bridgehead atoms. The van der Waals surface area contributed by atoms with Crippen LogP contribution in [0.25, 0.3) is 0 Å². The second-order valence-electron chi connectivity index (χ2n) is 2.60. The molecule has 1 aromatic heterocycles. The van der Waals surface area contributed by atoms with Crippen molar-refractivity contribution in [1.29, 1.82) is 0 Å². The van der Waals surface area contributed by atoms with Crippen LogP contribution in [0.4, 0.5) is 0 Å². The number of aliphatic hydroxyl groups excluding tert-OH is 2. The maximum Gasteiger partial charge on any atom is 0.122 e. The van der Waals surface area contributed by atoms with Crippen molar-refractivity contribution in [2.75, 3.05) is 6.61 Å². The van der Waals surface area contributed by atoms with Crippen LogP contribution in [0, 0.1) is 0 Å². The van der Waals surface area contributed by atoms with E-state index in [0.29, 0.717) is 5.69 Å². The Morgan fingerprint density at radius 3 is 2.38 bits per heavy atom. The summed E-state index contributed by atoms with van der Waals surface area (Å²) in [4.78, 5) is 0. The minimum Gasteiger partial charge on any atom is -0.393 e. The van der Waals surface area contributed by atoms with Crippen molar-refractivity contribution in [3.05, 3.63) is 11.9 Å². The number of hydrogen-bond acceptors (Lipinski definition) is 4. The smallest absolute Gasteiger partial charge is 0.122 e. The van der Waals surface area contributed by atoms with E-state index in [0.717, 1.165) is 13.0 Å². The van der Waals surface area contributed by atoms with Crippen molar-refractivity contribution in [2.24, 2.45) is 0 Å². The molecule has 1 rings (SSSR count). The number of aromatic nitrogens is 3. The Morgan fingerprint density at radius 2 is 1.94 bits per heavy atom. The van der Waals surface area contributed by atoms with Gasteiger partial charge in [-0.25, -0.2) is 0 Å². The van der Waals surface area contributed by atoms with Crippen LogP contribution < -0.4 is 0 Å². The van der Waals surface area contributed by atoms with Crippen LogP contribution >= 0.6 is 0 Å². The van der Waals surface area contributed by atoms with Crippen LogP contribution in [0.15, 0.2) is 6.20 Å². The predicted octanol–water partition coefficient (Wildman–Crippen LogP) is 0.735. The van der Waals surface area contributed by atoms with Gasteiger partial charge in [0, 0.05) is 48.7 Å². The maximum absolute atomic E-state index is 9.14. The molecule has 0 aliphatic rings. The third-order valence-electron chi connectivity index (χ3n) is 1.52. The molecular weight excluding hydrogens is 550 g/mol. The quantitative estimate of drug-likeness (QED) is 0.562. The number of aliphatic hydroxyl groups is 2. The summed E-state index contributed by atoms with van der Waals surface area (Å²) in [7, 11) is 0. The molecule has 0 aliphatic heterocycles. The molecule has 0 saturated carbocycles. The van der Waals surface area contributed by atoms with E-state index in [2.05, 4.69) is 10.3 Å². The van der Waals surface area contributed by atoms with Gasteiger partial charge in [-0.15, -0.1) is 5.10 Å². The first-order valence-electron chi connectivity index (χ1n) is 4.97. The Bertz CT molecular complexity index is 246. The minimum atomic E-state index is -0.907. The number of hydrogen-bond donors (Lipinski definition) is 2. The van der Waals surface area contributed by atoms with Crippen molar-refractivity contribution < 1.29 is 52.3 Å². The standard InChI is InChI=1S/C7H13N3O2.C2H6.2W/c1-2-3-10-4-6(8-9-10)7(12)5-11;1-2;;/h4,7,11-12H,2-3,5H2,1H3;1-2H3;;. The summed E-state index contributed by atoms with van der Waals surface area (Å²) in [6, 6.07) is 0. The van der Waals surface area contributed by atoms with Crippen molar-refractivity contribution in [3.63, 3.8) is 0 Å². The number of rotatable bonds is 4. The summed E-state index contributed by atoms with van der Waals surface area (Å²) in [5, 5.41) is 25.2. The fourth-order valence-corrected chi connectivity index (χ4v) is 0.898. The second kappa shape index (κ2) is 13.5. The largest absolute Gasteiger partial charge is 0.393 e. The van der Waals surface area contributed by atoms with E-state index in [9.17, 15) is 0 Å². The topological polar surface area (TPSA) is 71.2 Å². The summed E-state index contributed by atoms with van der Waals surface area (Å²) in [5.74, 6) is 0. The molecule has 94 valence electrons. The van der Waals surface area contributed by atoms with Crippen LogP contribution in [-0.4, -0.2) is 31.8 Å². The molecular formula is C9H19N3O2W2. The zero-order chi connectivity index (χ0) is 11.0. The Kier molecular flexibility index (Phi) is 18.3. The Morgan fingerprint density at radius 1 is 1.38 bits per heavy atom. The van der Waals surface area contributed by atoms with Gasteiger partial charge in [0.05, 0.1) is 12.8 Å². The molecule has 0 saturated heterocycles. The van der Waals surface area contributed by atoms with E-state index < -0.39 is 6.10 Å². The van der Waals surface area contributed by atoms with Crippen molar-refractivity contribution in [1.82, 2.24) is 15.0 Å². The van der Waals surface area contributed by atoms with E-state index in [4.69, 9.17) is 10.2 Å². The van der Waals surface area contributed by atoms with Gasteiger partial charge in [0.1, 0.15) is 11.8 Å². The van der Waals surface area contributed by atoms with E-state index in [1.165, 1.54) is 0 Å². The molecule has 16 heavy (non-hydrogen) atoms. The van der Waals surface area contributed by atoms with E-state index >= 15 is 0 Å². The fourth-order valence-electron chi connectivity index (χ4n) is 0.898. The molecule has 0 fully saturated rings. The minimum absolute atomic E-state index is 0. The molecule has 5 nitrogen and oxygen atoms in total. The third kappa shape index (κ3) is 7.67. The first kappa shape index (κ1) is 21.7. The molecule has 1 atom stereocenters. The fraction of sp³-hybridized carbons (Fsp3) is 0.778. The Labute approximate surface area is 125 Å². The average Bonchev–Trinajstić information content (AvgIpc) is 2.69. The Hall–Kier alpha value is 0.437. The van der Waals surface area contributed by atoms with Gasteiger partial charge in [0.15, 0.2) is 0 Å². The predicted molar refractivity (Wildman–Crippen MR) is 53.7 cm³/mol. The first-order valence-corrected chi connectivity index (χ1v) is 4.97. The van der Waals surface area contributed by atoms with Crippen LogP contribution in [0.2, 0.25) is 0 Å². The first-order chi connectivity index (χ1) is 6.77. The molecule has 0 amide bonds. The van der Waals surface area contributed by atoms with Crippen molar-refractivity contribution >= 4 is 0 Å². The van der Waals surface area contributed by atoms with Crippen molar-refractivity contribution in [2.45, 2.75) is 39.8 Å². The van der Waals surface area contributed by atoms with Gasteiger partial charge < -0.3 is 10.2 Å². The van der Waals surface area contributed by atoms with Crippen LogP contribution in [0.5, 0.6) is 0 Å². The second-order valence-corrected chi connectivity index (χ2v) is 2.60. The molecule has 0 aliphatic carbocycles. The van der Waals surface area contributed by atoms with Gasteiger partial charge in [0.2, 0.25) is 0 Å². The number of nitrogens with zero attached hydrogens (tertiary/aromatic N) is 3. The monoisotopic (exact) mass is 569 g/mol. The van der Waals surface area contributed by atoms with Gasteiger partial charge in [0.25, 0.3) is 0 Å². The molecule has 2 N–H and O–H groups in total. The van der Waals surface area contributed by atoms with Gasteiger partial charge in [-0.05, 0) is 6.42 Å². The normalized spacial score (nSPS) is 10.3. The molecule has 0 radical (unpaired) electrons. The van der Waals surface area contributed by atoms with Crippen molar-refractivity contribution in [3.8, 4) is 0 Å². The average molecular weight is 569 g/mol. The van der Waals surface area contributed by atoms with E-state index in [-0.39, 0.29) is 48.7 Å². The summed E-state index contributed by atoms with van der Waals surface area (Å²) in [5.41, 5.74) is 0.422. The molecule has 1 unspecified atom stereocenters. The number of aryl methyl sites for hydroxylation is 1. The maximum atomic E-state index is 9.14. The molecule has 0 aromatic carbocycles. The molecule has 1 aromatic rings. The molecule has 1 heterocycles. The van der Waals surface area contributed by atoms with E-state index in [1.54, 1.807) is 10.9 Å². The zero-order valence-corrected chi connectivity index (χ0v) is 15.7. The SMILES string of the molecule is CC.CCCn1cc(C(O)CO)nn1.[W].[W]. The van der Waals surface area contributed by atoms with Crippen LogP contribution in [0.1, 0.15) is 39.0 Å². The van der Waals surface area contributed by atoms with E-state index in [1.807, 2.05) is 20.8 Å². The zero-order valence-electron chi connectivity index (χ0n) is 9.83. The van der Waals surface area contributed by atoms with Crippen LogP contribution in [-0.2, 0) is 48.7 Å². The third-order valence-corrected chi connectivity index (χ3v) is 1.52. The van der Waals surface area contributed by atoms with Crippen LogP contribution in [0.3, 0.4) is 0 Å². The summed E-state index contributed by atoms with van der Waals surface area (Å²) < 4.78 is 1.65. The van der Waals surface area contributed by atoms with Gasteiger partial charge in [-0.2, -0.15) is 0 Å². The van der Waals surface area contributed by atoms with Gasteiger partial charge in [-0.1, -0.05) is 26.0 Å². The molecule has 0 spiro atoms. The Balaban J connectivity index is -0.000000399. The van der Waals surface area contributed by atoms with Gasteiger partial charge in [-0.3, -0.25) is 4.68 Å². The molecule has 7 heteroatoms.